The van der Waals surface area contributed by atoms with Crippen LogP contribution in [0.3, 0.4) is 0 Å². The van der Waals surface area contributed by atoms with Gasteiger partial charge in [0.1, 0.15) is 0 Å². The van der Waals surface area contributed by atoms with Gasteiger partial charge in [-0.25, -0.2) is 14.1 Å². The van der Waals surface area contributed by atoms with Crippen molar-refractivity contribution in [3.05, 3.63) is 42.5 Å². The van der Waals surface area contributed by atoms with Crippen LogP contribution < -0.4 is 5.32 Å². The van der Waals surface area contributed by atoms with Gasteiger partial charge >= 0.3 is 0 Å². The highest BCUT2D eigenvalue weighted by Crippen LogP contribution is 2.19. The molecule has 0 aliphatic heterocycles. The van der Waals surface area contributed by atoms with Crippen molar-refractivity contribution in [3.8, 4) is 5.82 Å². The van der Waals surface area contributed by atoms with Crippen LogP contribution in [0.2, 0.25) is 0 Å². The first-order valence-corrected chi connectivity index (χ1v) is 6.49. The lowest BCUT2D eigenvalue weighted by molar-refractivity contribution is 0.596. The van der Waals surface area contributed by atoms with Gasteiger partial charge in [-0.2, -0.15) is 10.1 Å². The van der Waals surface area contributed by atoms with Gasteiger partial charge in [0.05, 0.1) is 17.9 Å². The minimum absolute atomic E-state index is 0.153. The summed E-state index contributed by atoms with van der Waals surface area (Å²) in [5, 5.41) is 8.19. The lowest BCUT2D eigenvalue weighted by Crippen LogP contribution is -2.09. The van der Waals surface area contributed by atoms with Crippen molar-refractivity contribution in [1.82, 2.24) is 19.7 Å². The number of hydrogen-bond donors (Lipinski definition) is 1. The van der Waals surface area contributed by atoms with Crippen LogP contribution in [-0.2, 0) is 0 Å². The number of nitrogens with one attached hydrogen (secondary N) is 1. The molecule has 2 heterocycles. The van der Waals surface area contributed by atoms with Crippen molar-refractivity contribution in [2.24, 2.45) is 0 Å². The van der Waals surface area contributed by atoms with Crippen molar-refractivity contribution in [2.75, 3.05) is 11.9 Å². The first-order valence-electron chi connectivity index (χ1n) is 6.49. The number of nitrogens with zero attached hydrogens (tertiary/aromatic N) is 4. The Morgan fingerprint density at radius 2 is 2.10 bits per heavy atom. The summed E-state index contributed by atoms with van der Waals surface area (Å²) in [7, 11) is 0. The number of halogens is 1. The number of para-hydroxylation sites is 1. The zero-order valence-electron chi connectivity index (χ0n) is 11.0. The molecule has 0 fully saturated rings. The molecule has 0 atom stereocenters. The van der Waals surface area contributed by atoms with Gasteiger partial charge in [-0.1, -0.05) is 25.1 Å². The molecular formula is C14H14FN5. The van der Waals surface area contributed by atoms with E-state index in [1.807, 2.05) is 31.2 Å². The highest BCUT2D eigenvalue weighted by atomic mass is 19.1. The summed E-state index contributed by atoms with van der Waals surface area (Å²) >= 11 is 0. The predicted molar refractivity (Wildman–Crippen MR) is 75.4 cm³/mol. The van der Waals surface area contributed by atoms with Crippen molar-refractivity contribution in [2.45, 2.75) is 13.3 Å². The van der Waals surface area contributed by atoms with E-state index in [0.29, 0.717) is 5.95 Å². The molecule has 0 saturated heterocycles. The molecule has 0 amide bonds. The fourth-order valence-electron chi connectivity index (χ4n) is 1.97. The summed E-state index contributed by atoms with van der Waals surface area (Å²) in [5.74, 6) is 0.0588. The third-order valence-corrected chi connectivity index (χ3v) is 2.94. The topological polar surface area (TPSA) is 55.6 Å². The first kappa shape index (κ1) is 12.5. The maximum atomic E-state index is 14.0. The zero-order valence-corrected chi connectivity index (χ0v) is 11.0. The molecule has 3 aromatic rings. The Morgan fingerprint density at radius 3 is 2.95 bits per heavy atom. The van der Waals surface area contributed by atoms with Crippen LogP contribution in [0.5, 0.6) is 0 Å². The lowest BCUT2D eigenvalue weighted by Gasteiger charge is -2.07. The normalized spacial score (nSPS) is 10.9. The van der Waals surface area contributed by atoms with Gasteiger partial charge in [0.2, 0.25) is 5.95 Å². The molecule has 0 bridgehead atoms. The van der Waals surface area contributed by atoms with Crippen LogP contribution >= 0.6 is 0 Å². The monoisotopic (exact) mass is 271 g/mol. The summed E-state index contributed by atoms with van der Waals surface area (Å²) in [6, 6.07) is 7.60. The van der Waals surface area contributed by atoms with E-state index in [1.165, 1.54) is 4.68 Å². The Kier molecular flexibility index (Phi) is 3.28. The molecular weight excluding hydrogens is 257 g/mol. The fraction of sp³-hybridized carbons (Fsp3) is 0.214. The number of aromatic nitrogens is 4. The molecule has 0 spiro atoms. The van der Waals surface area contributed by atoms with Crippen LogP contribution in [-0.4, -0.2) is 26.3 Å². The Morgan fingerprint density at radius 1 is 1.25 bits per heavy atom. The largest absolute Gasteiger partial charge is 0.354 e. The molecule has 6 heteroatoms. The van der Waals surface area contributed by atoms with E-state index in [9.17, 15) is 4.39 Å². The third-order valence-electron chi connectivity index (χ3n) is 2.94. The Bertz CT molecular complexity index is 737. The molecule has 0 radical (unpaired) electrons. The Hall–Kier alpha value is -2.50. The van der Waals surface area contributed by atoms with Gasteiger partial charge in [0.25, 0.3) is 0 Å². The Balaban J connectivity index is 2.08. The van der Waals surface area contributed by atoms with E-state index in [4.69, 9.17) is 0 Å². The minimum atomic E-state index is -0.499. The van der Waals surface area contributed by atoms with E-state index in [0.717, 1.165) is 30.1 Å². The maximum Gasteiger partial charge on any atom is 0.224 e. The quantitative estimate of drug-likeness (QED) is 0.792. The third kappa shape index (κ3) is 2.20. The fourth-order valence-corrected chi connectivity index (χ4v) is 1.97. The van der Waals surface area contributed by atoms with Gasteiger partial charge in [0, 0.05) is 11.9 Å². The standard InChI is InChI=1S/C14H14FN5/c1-2-7-16-14-17-9-11(15)13(19-14)20-12-6-4-3-5-10(12)8-18-20/h3-6,8-9H,2,7H2,1H3,(H,16,17,19). The highest BCUT2D eigenvalue weighted by Gasteiger charge is 2.12. The molecule has 5 nitrogen and oxygen atoms in total. The first-order chi connectivity index (χ1) is 9.79. The van der Waals surface area contributed by atoms with Crippen molar-refractivity contribution in [3.63, 3.8) is 0 Å². The van der Waals surface area contributed by atoms with E-state index in [2.05, 4.69) is 20.4 Å². The van der Waals surface area contributed by atoms with Crippen LogP contribution in [0.15, 0.2) is 36.7 Å². The maximum absolute atomic E-state index is 14.0. The van der Waals surface area contributed by atoms with Crippen molar-refractivity contribution in [1.29, 1.82) is 0 Å². The summed E-state index contributed by atoms with van der Waals surface area (Å²) in [6.45, 7) is 2.78. The van der Waals surface area contributed by atoms with Crippen LogP contribution in [0, 0.1) is 5.82 Å². The molecule has 0 aliphatic carbocycles. The highest BCUT2D eigenvalue weighted by molar-refractivity contribution is 5.79. The summed E-state index contributed by atoms with van der Waals surface area (Å²) in [5.41, 5.74) is 0.812. The number of fused-ring (bicyclic) bond motifs is 1. The predicted octanol–water partition coefficient (Wildman–Crippen LogP) is 2.78. The second-order valence-corrected chi connectivity index (χ2v) is 4.41. The average Bonchev–Trinajstić information content (AvgIpc) is 2.90. The Labute approximate surface area is 115 Å². The van der Waals surface area contributed by atoms with Crippen LogP contribution in [0.25, 0.3) is 16.7 Å². The molecule has 0 aliphatic rings. The van der Waals surface area contributed by atoms with Gasteiger partial charge in [0.15, 0.2) is 11.6 Å². The van der Waals surface area contributed by atoms with Gasteiger partial charge in [-0.15, -0.1) is 0 Å². The number of hydrogen-bond acceptors (Lipinski definition) is 4. The van der Waals surface area contributed by atoms with E-state index in [1.54, 1.807) is 6.20 Å². The van der Waals surface area contributed by atoms with Crippen molar-refractivity contribution >= 4 is 16.9 Å². The minimum Gasteiger partial charge on any atom is -0.354 e. The number of benzene rings is 1. The van der Waals surface area contributed by atoms with Crippen molar-refractivity contribution < 1.29 is 4.39 Å². The molecule has 2 aromatic heterocycles. The number of rotatable bonds is 4. The van der Waals surface area contributed by atoms with Gasteiger partial charge in [-0.3, -0.25) is 0 Å². The molecule has 20 heavy (non-hydrogen) atoms. The second-order valence-electron chi connectivity index (χ2n) is 4.41. The van der Waals surface area contributed by atoms with E-state index >= 15 is 0 Å². The summed E-state index contributed by atoms with van der Waals surface area (Å²) in [6.07, 6.45) is 3.80. The van der Waals surface area contributed by atoms with Gasteiger partial charge < -0.3 is 5.32 Å². The molecule has 0 unspecified atom stereocenters. The van der Waals surface area contributed by atoms with Crippen LogP contribution in [0.1, 0.15) is 13.3 Å². The second kappa shape index (κ2) is 5.24. The molecule has 1 aromatic carbocycles. The smallest absolute Gasteiger partial charge is 0.224 e. The summed E-state index contributed by atoms with van der Waals surface area (Å²) < 4.78 is 15.5. The van der Waals surface area contributed by atoms with E-state index in [-0.39, 0.29) is 5.82 Å². The SMILES string of the molecule is CCCNc1ncc(F)c(-n2ncc3ccccc32)n1. The average molecular weight is 271 g/mol. The van der Waals surface area contributed by atoms with Gasteiger partial charge in [-0.05, 0) is 12.5 Å². The summed E-state index contributed by atoms with van der Waals surface area (Å²) in [4.78, 5) is 8.13. The number of anilines is 1. The zero-order chi connectivity index (χ0) is 13.9. The molecule has 3 rings (SSSR count). The molecule has 0 saturated carbocycles. The lowest BCUT2D eigenvalue weighted by atomic mass is 10.2. The molecule has 1 N–H and O–H groups in total. The van der Waals surface area contributed by atoms with Crippen LogP contribution in [0.4, 0.5) is 10.3 Å². The molecule has 102 valence electrons. The van der Waals surface area contributed by atoms with E-state index < -0.39 is 5.82 Å².